The number of carbonyl (C=O) groups excluding carboxylic acids is 1. The molecule has 0 aliphatic carbocycles. The van der Waals surface area contributed by atoms with Crippen LogP contribution in [0.3, 0.4) is 0 Å². The van der Waals surface area contributed by atoms with E-state index < -0.39 is 11.5 Å². The third-order valence-electron chi connectivity index (χ3n) is 3.90. The first-order valence-corrected chi connectivity index (χ1v) is 7.96. The molecule has 3 aromatic rings. The van der Waals surface area contributed by atoms with Gasteiger partial charge in [-0.2, -0.15) is 10.4 Å². The molecule has 0 saturated carbocycles. The van der Waals surface area contributed by atoms with Gasteiger partial charge in [0.15, 0.2) is 11.6 Å². The van der Waals surface area contributed by atoms with Gasteiger partial charge in [-0.05, 0) is 37.3 Å². The van der Waals surface area contributed by atoms with E-state index >= 15 is 0 Å². The number of methoxy groups -OCH3 is 1. The van der Waals surface area contributed by atoms with Gasteiger partial charge < -0.3 is 15.5 Å². The monoisotopic (exact) mass is 364 g/mol. The fourth-order valence-electron chi connectivity index (χ4n) is 2.60. The fourth-order valence-corrected chi connectivity index (χ4v) is 2.60. The molecule has 0 saturated heterocycles. The Morgan fingerprint density at radius 3 is 2.67 bits per heavy atom. The first-order valence-electron chi connectivity index (χ1n) is 7.96. The van der Waals surface area contributed by atoms with Crippen molar-refractivity contribution in [2.45, 2.75) is 13.3 Å². The summed E-state index contributed by atoms with van der Waals surface area (Å²) in [6.07, 6.45) is -0.135. The Hall–Kier alpha value is -3.93. The van der Waals surface area contributed by atoms with Crippen LogP contribution in [0, 0.1) is 18.3 Å². The highest BCUT2D eigenvalue weighted by atomic mass is 16.5. The van der Waals surface area contributed by atoms with Gasteiger partial charge >= 0.3 is 0 Å². The van der Waals surface area contributed by atoms with Crippen molar-refractivity contribution < 1.29 is 9.53 Å². The number of nitriles is 1. The normalized spacial score (nSPS) is 10.4. The Morgan fingerprint density at radius 2 is 2.07 bits per heavy atom. The molecule has 27 heavy (non-hydrogen) atoms. The zero-order valence-corrected chi connectivity index (χ0v) is 14.7. The van der Waals surface area contributed by atoms with E-state index in [0.717, 1.165) is 0 Å². The average Bonchev–Trinajstić information content (AvgIpc) is 3.04. The molecule has 0 fully saturated rings. The van der Waals surface area contributed by atoms with Crippen LogP contribution >= 0.6 is 0 Å². The number of amides is 1. The Bertz CT molecular complexity index is 1110. The van der Waals surface area contributed by atoms with Crippen LogP contribution in [0.15, 0.2) is 35.1 Å². The molecular weight excluding hydrogens is 348 g/mol. The lowest BCUT2D eigenvalue weighted by atomic mass is 10.1. The van der Waals surface area contributed by atoms with E-state index in [1.807, 2.05) is 6.07 Å². The van der Waals surface area contributed by atoms with E-state index in [1.165, 1.54) is 10.7 Å². The predicted molar refractivity (Wildman–Crippen MR) is 96.3 cm³/mol. The highest BCUT2D eigenvalue weighted by Gasteiger charge is 2.18. The van der Waals surface area contributed by atoms with Crippen molar-refractivity contribution in [1.82, 2.24) is 19.7 Å². The molecule has 9 nitrogen and oxygen atoms in total. The summed E-state index contributed by atoms with van der Waals surface area (Å²) in [5.41, 5.74) is 6.44. The molecule has 1 aromatic carbocycles. The molecule has 136 valence electrons. The number of carbonyl (C=O) groups is 1. The second-order valence-electron chi connectivity index (χ2n) is 5.77. The molecule has 0 aliphatic heterocycles. The SMILES string of the molecule is COc1ccc(-n2nc(CC(N)=O)nc2-c2cc(C#N)c(=O)[nH]c2C)cc1. The van der Waals surface area contributed by atoms with E-state index in [0.29, 0.717) is 28.5 Å². The lowest BCUT2D eigenvalue weighted by Crippen LogP contribution is -2.14. The summed E-state index contributed by atoms with van der Waals surface area (Å²) in [6.45, 7) is 1.69. The van der Waals surface area contributed by atoms with Crippen molar-refractivity contribution >= 4 is 5.91 Å². The van der Waals surface area contributed by atoms with E-state index in [2.05, 4.69) is 15.1 Å². The Morgan fingerprint density at radius 1 is 1.37 bits per heavy atom. The van der Waals surface area contributed by atoms with Gasteiger partial charge in [-0.1, -0.05) is 0 Å². The van der Waals surface area contributed by atoms with Gasteiger partial charge in [-0.25, -0.2) is 9.67 Å². The molecule has 1 amide bonds. The highest BCUT2D eigenvalue weighted by Crippen LogP contribution is 2.24. The molecule has 2 heterocycles. The van der Waals surface area contributed by atoms with Gasteiger partial charge in [0.2, 0.25) is 5.91 Å². The van der Waals surface area contributed by atoms with Crippen molar-refractivity contribution in [3.05, 3.63) is 57.8 Å². The summed E-state index contributed by atoms with van der Waals surface area (Å²) in [5.74, 6) is 0.716. The third kappa shape index (κ3) is 3.55. The van der Waals surface area contributed by atoms with Crippen molar-refractivity contribution in [2.75, 3.05) is 7.11 Å². The number of aromatic nitrogens is 4. The first-order chi connectivity index (χ1) is 12.9. The van der Waals surface area contributed by atoms with Crippen molar-refractivity contribution in [2.24, 2.45) is 5.73 Å². The number of primary amides is 1. The number of ether oxygens (including phenoxy) is 1. The van der Waals surface area contributed by atoms with Gasteiger partial charge in [0.05, 0.1) is 19.2 Å². The van der Waals surface area contributed by atoms with Gasteiger partial charge in [0.25, 0.3) is 5.56 Å². The number of nitrogens with zero attached hydrogens (tertiary/aromatic N) is 4. The number of nitrogens with two attached hydrogens (primary N) is 1. The molecule has 0 bridgehead atoms. The standard InChI is InChI=1S/C18H16N6O3/c1-10-14(7-11(9-19)18(26)21-10)17-22-16(8-15(20)25)23-24(17)12-3-5-13(27-2)6-4-12/h3-7H,8H2,1-2H3,(H2,20,25)(H,21,26). The molecule has 3 rings (SSSR count). The van der Waals surface area contributed by atoms with Crippen molar-refractivity contribution in [3.8, 4) is 28.9 Å². The molecular formula is C18H16N6O3. The molecule has 0 unspecified atom stereocenters. The Kier molecular flexibility index (Phi) is 4.72. The Balaban J connectivity index is 2.22. The highest BCUT2D eigenvalue weighted by molar-refractivity contribution is 5.76. The van der Waals surface area contributed by atoms with Crippen molar-refractivity contribution in [1.29, 1.82) is 5.26 Å². The van der Waals surface area contributed by atoms with Crippen LogP contribution in [-0.4, -0.2) is 32.8 Å². The van der Waals surface area contributed by atoms with Crippen LogP contribution in [0.5, 0.6) is 5.75 Å². The lowest BCUT2D eigenvalue weighted by Gasteiger charge is -2.09. The molecule has 0 spiro atoms. The summed E-state index contributed by atoms with van der Waals surface area (Å²) >= 11 is 0. The lowest BCUT2D eigenvalue weighted by molar-refractivity contribution is -0.117. The number of benzene rings is 1. The zero-order valence-electron chi connectivity index (χ0n) is 14.7. The maximum atomic E-state index is 11.8. The smallest absolute Gasteiger partial charge is 0.266 e. The van der Waals surface area contributed by atoms with E-state index in [4.69, 9.17) is 15.7 Å². The Labute approximate surface area is 154 Å². The summed E-state index contributed by atoms with van der Waals surface area (Å²) < 4.78 is 6.69. The summed E-state index contributed by atoms with van der Waals surface area (Å²) in [5, 5.41) is 13.5. The minimum absolute atomic E-state index is 0.0451. The fraction of sp³-hybridized carbons (Fsp3) is 0.167. The van der Waals surface area contributed by atoms with Crippen LogP contribution in [-0.2, 0) is 11.2 Å². The average molecular weight is 364 g/mol. The molecule has 0 atom stereocenters. The van der Waals surface area contributed by atoms with Crippen LogP contribution in [0.1, 0.15) is 17.1 Å². The molecule has 9 heteroatoms. The summed E-state index contributed by atoms with van der Waals surface area (Å²) in [4.78, 5) is 30.1. The minimum Gasteiger partial charge on any atom is -0.497 e. The number of hydrogen-bond donors (Lipinski definition) is 2. The second kappa shape index (κ2) is 7.13. The van der Waals surface area contributed by atoms with Gasteiger partial charge in [-0.15, -0.1) is 0 Å². The number of pyridine rings is 1. The quantitative estimate of drug-likeness (QED) is 0.687. The topological polar surface area (TPSA) is 140 Å². The van der Waals surface area contributed by atoms with Crippen LogP contribution in [0.25, 0.3) is 17.1 Å². The van der Waals surface area contributed by atoms with E-state index in [1.54, 1.807) is 38.3 Å². The third-order valence-corrected chi connectivity index (χ3v) is 3.90. The number of hydrogen-bond acceptors (Lipinski definition) is 6. The molecule has 2 aromatic heterocycles. The maximum Gasteiger partial charge on any atom is 0.266 e. The van der Waals surface area contributed by atoms with E-state index in [9.17, 15) is 9.59 Å². The zero-order chi connectivity index (χ0) is 19.6. The number of H-pyrrole nitrogens is 1. The van der Waals surface area contributed by atoms with Gasteiger partial charge in [-0.3, -0.25) is 9.59 Å². The number of rotatable bonds is 5. The summed E-state index contributed by atoms with van der Waals surface area (Å²) in [7, 11) is 1.56. The van der Waals surface area contributed by atoms with Gasteiger partial charge in [0.1, 0.15) is 17.4 Å². The molecule has 0 radical (unpaired) electrons. The minimum atomic E-state index is -0.565. The number of aromatic amines is 1. The van der Waals surface area contributed by atoms with Crippen molar-refractivity contribution in [3.63, 3.8) is 0 Å². The molecule has 0 aliphatic rings. The summed E-state index contributed by atoms with van der Waals surface area (Å²) in [6, 6.07) is 10.4. The molecule has 3 N–H and O–H groups in total. The van der Waals surface area contributed by atoms with Crippen LogP contribution in [0.2, 0.25) is 0 Å². The second-order valence-corrected chi connectivity index (χ2v) is 5.77. The maximum absolute atomic E-state index is 11.8. The predicted octanol–water partition coefficient (Wildman–Crippen LogP) is 0.839. The largest absolute Gasteiger partial charge is 0.497 e. The number of nitrogens with one attached hydrogen (secondary N) is 1. The first kappa shape index (κ1) is 17.9. The number of aryl methyl sites for hydroxylation is 1. The van der Waals surface area contributed by atoms with Crippen LogP contribution in [0.4, 0.5) is 0 Å². The van der Waals surface area contributed by atoms with Gasteiger partial charge in [0, 0.05) is 11.3 Å². The van der Waals surface area contributed by atoms with E-state index in [-0.39, 0.29) is 17.8 Å². The van der Waals surface area contributed by atoms with Crippen LogP contribution < -0.4 is 16.0 Å².